The van der Waals surface area contributed by atoms with E-state index in [4.69, 9.17) is 4.74 Å². The average molecular weight is 290 g/mol. The molecule has 3 aliphatic rings. The molecule has 0 aromatic carbocycles. The molecule has 3 nitrogen and oxygen atoms in total. The van der Waals surface area contributed by atoms with Crippen LogP contribution in [-0.2, 0) is 9.53 Å². The van der Waals surface area contributed by atoms with E-state index in [1.165, 1.54) is 11.1 Å². The fraction of sp³-hybridized carbons (Fsp3) is 0.722. The maximum atomic E-state index is 12.1. The predicted octanol–water partition coefficient (Wildman–Crippen LogP) is 3.67. The molecule has 116 valence electrons. The highest BCUT2D eigenvalue weighted by Crippen LogP contribution is 2.51. The summed E-state index contributed by atoms with van der Waals surface area (Å²) in [6.45, 7) is 3.95. The molecule has 0 bridgehead atoms. The Labute approximate surface area is 127 Å². The smallest absolute Gasteiger partial charge is 0.146 e. The second-order valence-electron chi connectivity index (χ2n) is 7.04. The van der Waals surface area contributed by atoms with E-state index in [1.807, 2.05) is 6.92 Å². The quantitative estimate of drug-likeness (QED) is 0.859. The molecule has 0 fully saturated rings. The van der Waals surface area contributed by atoms with Gasteiger partial charge in [-0.1, -0.05) is 6.08 Å². The Morgan fingerprint density at radius 3 is 3.05 bits per heavy atom. The van der Waals surface area contributed by atoms with E-state index in [-0.39, 0.29) is 11.5 Å². The minimum absolute atomic E-state index is 0.214. The average Bonchev–Trinajstić information content (AvgIpc) is 2.75. The largest absolute Gasteiger partial charge is 0.494 e. The van der Waals surface area contributed by atoms with Crippen molar-refractivity contribution in [2.24, 2.45) is 5.41 Å². The van der Waals surface area contributed by atoms with Crippen molar-refractivity contribution >= 4 is 5.78 Å². The fourth-order valence-corrected chi connectivity index (χ4v) is 4.00. The molecule has 3 heteroatoms. The van der Waals surface area contributed by atoms with Crippen molar-refractivity contribution in [2.75, 3.05) is 0 Å². The third-order valence-electron chi connectivity index (χ3n) is 5.39. The van der Waals surface area contributed by atoms with Crippen molar-refractivity contribution in [3.05, 3.63) is 23.0 Å². The molecule has 0 aromatic rings. The summed E-state index contributed by atoms with van der Waals surface area (Å²) >= 11 is 0. The molecule has 2 aliphatic carbocycles. The molecule has 1 N–H and O–H groups in total. The van der Waals surface area contributed by atoms with Crippen LogP contribution in [0.5, 0.6) is 0 Å². The number of carbonyl (C=O) groups is 1. The molecule has 0 saturated carbocycles. The number of rotatable bonds is 4. The number of allylic oxidation sites excluding steroid dienone is 4. The van der Waals surface area contributed by atoms with Gasteiger partial charge < -0.3 is 9.84 Å². The van der Waals surface area contributed by atoms with Crippen LogP contribution in [-0.4, -0.2) is 23.1 Å². The van der Waals surface area contributed by atoms with Gasteiger partial charge in [-0.15, -0.1) is 0 Å². The number of aliphatic hydroxyl groups is 1. The van der Waals surface area contributed by atoms with Gasteiger partial charge in [-0.3, -0.25) is 4.79 Å². The van der Waals surface area contributed by atoms with Crippen molar-refractivity contribution in [1.82, 2.24) is 0 Å². The highest BCUT2D eigenvalue weighted by Gasteiger charge is 2.46. The number of Topliss-reactive ketones (excluding diaryl/α,β-unsaturated/α-hetero) is 1. The van der Waals surface area contributed by atoms with Crippen molar-refractivity contribution in [1.29, 1.82) is 0 Å². The third-order valence-corrected chi connectivity index (χ3v) is 5.39. The van der Waals surface area contributed by atoms with Crippen molar-refractivity contribution in [3.63, 3.8) is 0 Å². The Balaban J connectivity index is 1.67. The summed E-state index contributed by atoms with van der Waals surface area (Å²) in [6.07, 6.45) is 9.60. The number of hydrogen-bond donors (Lipinski definition) is 1. The molecular formula is C18H26O3. The summed E-state index contributed by atoms with van der Waals surface area (Å²) in [7, 11) is 0. The van der Waals surface area contributed by atoms with Gasteiger partial charge in [-0.25, -0.2) is 0 Å². The second kappa shape index (κ2) is 5.60. The number of aliphatic hydroxyl groups excluding tert-OH is 1. The van der Waals surface area contributed by atoms with Crippen LogP contribution in [0.2, 0.25) is 0 Å². The van der Waals surface area contributed by atoms with Gasteiger partial charge in [0.2, 0.25) is 0 Å². The SMILES string of the molecule is CC(O)CCCC1CCC2=C(CCC3(C)C(=O)CC=C23)O1. The van der Waals surface area contributed by atoms with E-state index in [0.717, 1.165) is 50.7 Å². The summed E-state index contributed by atoms with van der Waals surface area (Å²) < 4.78 is 6.21. The van der Waals surface area contributed by atoms with Gasteiger partial charge in [-0.05, 0) is 63.5 Å². The van der Waals surface area contributed by atoms with Crippen LogP contribution in [0, 0.1) is 5.41 Å². The van der Waals surface area contributed by atoms with Crippen LogP contribution in [0.25, 0.3) is 0 Å². The van der Waals surface area contributed by atoms with Crippen molar-refractivity contribution in [2.45, 2.75) is 77.4 Å². The molecule has 3 rings (SSSR count). The topological polar surface area (TPSA) is 46.5 Å². The Bertz CT molecular complexity index is 501. The summed E-state index contributed by atoms with van der Waals surface area (Å²) in [6, 6.07) is 0. The highest BCUT2D eigenvalue weighted by atomic mass is 16.5. The van der Waals surface area contributed by atoms with Gasteiger partial charge in [0, 0.05) is 12.8 Å². The predicted molar refractivity (Wildman–Crippen MR) is 81.7 cm³/mol. The molecule has 3 unspecified atom stereocenters. The molecule has 0 radical (unpaired) electrons. The van der Waals surface area contributed by atoms with E-state index in [9.17, 15) is 9.90 Å². The van der Waals surface area contributed by atoms with Crippen molar-refractivity contribution in [3.8, 4) is 0 Å². The van der Waals surface area contributed by atoms with Gasteiger partial charge >= 0.3 is 0 Å². The lowest BCUT2D eigenvalue weighted by Gasteiger charge is -2.39. The number of fused-ring (bicyclic) bond motifs is 2. The maximum absolute atomic E-state index is 12.1. The minimum atomic E-state index is -0.235. The molecule has 0 saturated heterocycles. The zero-order valence-electron chi connectivity index (χ0n) is 13.2. The summed E-state index contributed by atoms with van der Waals surface area (Å²) in [5.41, 5.74) is 2.35. The number of hydrogen-bond acceptors (Lipinski definition) is 3. The number of ketones is 1. The molecule has 0 amide bonds. The Hall–Kier alpha value is -1.09. The maximum Gasteiger partial charge on any atom is 0.146 e. The first-order valence-electron chi connectivity index (χ1n) is 8.32. The van der Waals surface area contributed by atoms with E-state index < -0.39 is 0 Å². The lowest BCUT2D eigenvalue weighted by atomic mass is 9.70. The van der Waals surface area contributed by atoms with Crippen LogP contribution in [0.4, 0.5) is 0 Å². The highest BCUT2D eigenvalue weighted by molar-refractivity contribution is 5.93. The van der Waals surface area contributed by atoms with Crippen LogP contribution < -0.4 is 0 Å². The third kappa shape index (κ3) is 2.68. The number of carbonyl (C=O) groups excluding carboxylic acids is 1. The second-order valence-corrected chi connectivity index (χ2v) is 7.04. The van der Waals surface area contributed by atoms with Gasteiger partial charge in [0.05, 0.1) is 23.4 Å². The Morgan fingerprint density at radius 1 is 1.48 bits per heavy atom. The van der Waals surface area contributed by atoms with E-state index in [2.05, 4.69) is 13.0 Å². The van der Waals surface area contributed by atoms with Gasteiger partial charge in [-0.2, -0.15) is 0 Å². The lowest BCUT2D eigenvalue weighted by molar-refractivity contribution is -0.124. The van der Waals surface area contributed by atoms with Crippen LogP contribution in [0.15, 0.2) is 23.0 Å². The first-order chi connectivity index (χ1) is 10.0. The van der Waals surface area contributed by atoms with Gasteiger partial charge in [0.25, 0.3) is 0 Å². The molecule has 1 aliphatic heterocycles. The summed E-state index contributed by atoms with van der Waals surface area (Å²) in [4.78, 5) is 12.1. The van der Waals surface area contributed by atoms with Crippen LogP contribution in [0.1, 0.15) is 65.2 Å². The monoisotopic (exact) mass is 290 g/mol. The number of ether oxygens (including phenoxy) is 1. The standard InChI is InChI=1S/C18H26O3/c1-12(19)4-3-5-13-6-7-14-15-8-9-17(20)18(15,2)11-10-16(14)21-13/h8,12-13,19H,3-7,9-11H2,1-2H3. The molecule has 1 heterocycles. The fourth-order valence-electron chi connectivity index (χ4n) is 4.00. The molecule has 0 spiro atoms. The zero-order chi connectivity index (χ0) is 15.0. The molecule has 3 atom stereocenters. The van der Waals surface area contributed by atoms with Gasteiger partial charge in [0.1, 0.15) is 5.78 Å². The Morgan fingerprint density at radius 2 is 2.29 bits per heavy atom. The molecule has 0 aromatic heterocycles. The van der Waals surface area contributed by atoms with Gasteiger partial charge in [0.15, 0.2) is 0 Å². The minimum Gasteiger partial charge on any atom is -0.494 e. The lowest BCUT2D eigenvalue weighted by Crippen LogP contribution is -2.33. The Kier molecular flexibility index (Phi) is 3.96. The molecular weight excluding hydrogens is 264 g/mol. The van der Waals surface area contributed by atoms with Crippen molar-refractivity contribution < 1.29 is 14.6 Å². The van der Waals surface area contributed by atoms with E-state index >= 15 is 0 Å². The first kappa shape index (κ1) is 14.8. The normalized spacial score (nSPS) is 33.2. The first-order valence-corrected chi connectivity index (χ1v) is 8.32. The summed E-state index contributed by atoms with van der Waals surface area (Å²) in [5.74, 6) is 1.52. The van der Waals surface area contributed by atoms with E-state index in [1.54, 1.807) is 0 Å². The summed E-state index contributed by atoms with van der Waals surface area (Å²) in [5, 5.41) is 9.34. The molecule has 21 heavy (non-hydrogen) atoms. The zero-order valence-corrected chi connectivity index (χ0v) is 13.2. The van der Waals surface area contributed by atoms with Crippen LogP contribution >= 0.6 is 0 Å². The van der Waals surface area contributed by atoms with E-state index in [0.29, 0.717) is 18.3 Å². The van der Waals surface area contributed by atoms with Crippen LogP contribution in [0.3, 0.4) is 0 Å².